The van der Waals surface area contributed by atoms with Crippen LogP contribution in [0.15, 0.2) is 72.8 Å². The molecule has 5 nitrogen and oxygen atoms in total. The molecule has 10 heteroatoms. The number of ether oxygens (including phenoxy) is 3. The van der Waals surface area contributed by atoms with Crippen LogP contribution < -0.4 is 4.74 Å². The molecule has 1 atom stereocenters. The van der Waals surface area contributed by atoms with Gasteiger partial charge in [0.2, 0.25) is 0 Å². The first kappa shape index (κ1) is 36.5. The molecule has 0 aliphatic heterocycles. The summed E-state index contributed by atoms with van der Waals surface area (Å²) in [7, 11) is 0. The molecule has 250 valence electrons. The summed E-state index contributed by atoms with van der Waals surface area (Å²) in [5.41, 5.74) is 4.57. The number of halogens is 5. The smallest absolute Gasteiger partial charge is 0.465 e. The lowest BCUT2D eigenvalue weighted by atomic mass is 9.99. The first-order valence-corrected chi connectivity index (χ1v) is 15.7. The zero-order valence-corrected chi connectivity index (χ0v) is 26.2. The SMILES string of the molecule is CCCCCC[C@H](C)OC(=O)c1ccc(-c2ccc(-c3ccc(OCCCCCCOC(=O)C(F)(F)C(F)(F)F)cc3)cc2)cc1. The summed E-state index contributed by atoms with van der Waals surface area (Å²) >= 11 is 0. The molecule has 0 amide bonds. The van der Waals surface area contributed by atoms with Gasteiger partial charge in [0, 0.05) is 0 Å². The maximum atomic E-state index is 12.8. The minimum atomic E-state index is -5.97. The van der Waals surface area contributed by atoms with Crippen LogP contribution in [-0.4, -0.2) is 43.4 Å². The Kier molecular flexibility index (Phi) is 14.0. The van der Waals surface area contributed by atoms with Crippen molar-refractivity contribution in [1.82, 2.24) is 0 Å². The number of hydrogen-bond donors (Lipinski definition) is 0. The average Bonchev–Trinajstić information content (AvgIpc) is 3.04. The van der Waals surface area contributed by atoms with E-state index in [1.54, 1.807) is 12.1 Å². The molecule has 0 saturated carbocycles. The molecule has 0 spiro atoms. The van der Waals surface area contributed by atoms with Gasteiger partial charge in [0.25, 0.3) is 0 Å². The topological polar surface area (TPSA) is 61.8 Å². The lowest BCUT2D eigenvalue weighted by Gasteiger charge is -2.17. The van der Waals surface area contributed by atoms with Crippen LogP contribution in [0, 0.1) is 0 Å². The van der Waals surface area contributed by atoms with E-state index in [0.29, 0.717) is 37.2 Å². The molecule has 3 rings (SSSR count). The molecule has 46 heavy (non-hydrogen) atoms. The molecule has 0 fully saturated rings. The van der Waals surface area contributed by atoms with Gasteiger partial charge in [-0.2, -0.15) is 22.0 Å². The predicted molar refractivity (Wildman–Crippen MR) is 167 cm³/mol. The zero-order valence-electron chi connectivity index (χ0n) is 26.2. The van der Waals surface area contributed by atoms with E-state index in [-0.39, 0.29) is 18.5 Å². The molecule has 0 unspecified atom stereocenters. The first-order valence-electron chi connectivity index (χ1n) is 15.7. The Morgan fingerprint density at radius 2 is 1.13 bits per heavy atom. The molecule has 0 aromatic heterocycles. The average molecular weight is 649 g/mol. The monoisotopic (exact) mass is 648 g/mol. The van der Waals surface area contributed by atoms with E-state index in [9.17, 15) is 31.5 Å². The van der Waals surface area contributed by atoms with E-state index in [1.165, 1.54) is 12.8 Å². The maximum Gasteiger partial charge on any atom is 0.465 e. The van der Waals surface area contributed by atoms with Crippen molar-refractivity contribution in [2.45, 2.75) is 89.8 Å². The van der Waals surface area contributed by atoms with Crippen LogP contribution in [0.4, 0.5) is 22.0 Å². The van der Waals surface area contributed by atoms with E-state index >= 15 is 0 Å². The van der Waals surface area contributed by atoms with Crippen LogP contribution in [0.5, 0.6) is 5.75 Å². The number of benzene rings is 3. The molecule has 0 saturated heterocycles. The quantitative estimate of drug-likeness (QED) is 0.0781. The summed E-state index contributed by atoms with van der Waals surface area (Å²) < 4.78 is 77.5. The molecule has 3 aromatic carbocycles. The minimum Gasteiger partial charge on any atom is -0.494 e. The Morgan fingerprint density at radius 3 is 1.65 bits per heavy atom. The fraction of sp³-hybridized carbons (Fsp3) is 0.444. The number of carbonyl (C=O) groups is 2. The van der Waals surface area contributed by atoms with Crippen LogP contribution in [0.1, 0.15) is 82.0 Å². The van der Waals surface area contributed by atoms with Crippen molar-refractivity contribution < 1.29 is 45.8 Å². The number of alkyl halides is 5. The third-order valence-corrected chi connectivity index (χ3v) is 7.45. The Hall–Kier alpha value is -3.95. The van der Waals surface area contributed by atoms with E-state index in [2.05, 4.69) is 11.7 Å². The highest BCUT2D eigenvalue weighted by Gasteiger charge is 2.64. The van der Waals surface area contributed by atoms with Gasteiger partial charge in [0.1, 0.15) is 5.75 Å². The second-order valence-electron chi connectivity index (χ2n) is 11.2. The Bertz CT molecular complexity index is 1350. The second-order valence-corrected chi connectivity index (χ2v) is 11.2. The fourth-order valence-corrected chi connectivity index (χ4v) is 4.68. The zero-order chi connectivity index (χ0) is 33.6. The van der Waals surface area contributed by atoms with Gasteiger partial charge >= 0.3 is 24.0 Å². The van der Waals surface area contributed by atoms with Crippen molar-refractivity contribution in [2.24, 2.45) is 0 Å². The van der Waals surface area contributed by atoms with Crippen LogP contribution in [0.2, 0.25) is 0 Å². The number of esters is 2. The number of unbranched alkanes of at least 4 members (excludes halogenated alkanes) is 6. The molecule has 0 aliphatic carbocycles. The van der Waals surface area contributed by atoms with Gasteiger partial charge < -0.3 is 14.2 Å². The summed E-state index contributed by atoms with van der Waals surface area (Å²) in [6.45, 7) is 4.00. The van der Waals surface area contributed by atoms with Crippen LogP contribution in [0.25, 0.3) is 22.3 Å². The molecule has 3 aromatic rings. The van der Waals surface area contributed by atoms with Crippen molar-refractivity contribution in [3.63, 3.8) is 0 Å². The van der Waals surface area contributed by atoms with Gasteiger partial charge in [0.05, 0.1) is 24.9 Å². The number of hydrogen-bond acceptors (Lipinski definition) is 5. The summed E-state index contributed by atoms with van der Waals surface area (Å²) in [6, 6.07) is 23.1. The van der Waals surface area contributed by atoms with E-state index in [4.69, 9.17) is 9.47 Å². The van der Waals surface area contributed by atoms with Crippen LogP contribution in [-0.2, 0) is 14.3 Å². The summed E-state index contributed by atoms with van der Waals surface area (Å²) in [6.07, 6.45) is 1.29. The molecular weight excluding hydrogens is 607 g/mol. The predicted octanol–water partition coefficient (Wildman–Crippen LogP) is 10.2. The number of rotatable bonds is 18. The van der Waals surface area contributed by atoms with E-state index < -0.39 is 24.7 Å². The number of carbonyl (C=O) groups excluding carboxylic acids is 2. The van der Waals surface area contributed by atoms with Crippen LogP contribution in [0.3, 0.4) is 0 Å². The normalized spacial score (nSPS) is 12.4. The van der Waals surface area contributed by atoms with Crippen molar-refractivity contribution >= 4 is 11.9 Å². The highest BCUT2D eigenvalue weighted by molar-refractivity contribution is 5.90. The standard InChI is InChI=1S/C36H41F5O5/c1-3-4-5-8-11-26(2)46-33(42)31-18-16-29(17-19-31)27-12-14-28(15-13-27)30-20-22-32(23-21-30)44-24-9-6-7-10-25-45-34(43)35(37,38)36(39,40)41/h12-23,26H,3-11,24-25H2,1-2H3/t26-/m0/s1. The van der Waals surface area contributed by atoms with Gasteiger partial charge in [-0.15, -0.1) is 0 Å². The fourth-order valence-electron chi connectivity index (χ4n) is 4.68. The van der Waals surface area contributed by atoms with Crippen molar-refractivity contribution in [1.29, 1.82) is 0 Å². The summed E-state index contributed by atoms with van der Waals surface area (Å²) in [5, 5.41) is 0. The molecule has 0 N–H and O–H groups in total. The summed E-state index contributed by atoms with van der Waals surface area (Å²) in [5.74, 6) is -7.71. The lowest BCUT2D eigenvalue weighted by molar-refractivity contribution is -0.280. The van der Waals surface area contributed by atoms with Gasteiger partial charge in [-0.1, -0.05) is 74.7 Å². The highest BCUT2D eigenvalue weighted by Crippen LogP contribution is 2.36. The molecule has 0 bridgehead atoms. The third kappa shape index (κ3) is 11.1. The Morgan fingerprint density at radius 1 is 0.652 bits per heavy atom. The first-order chi connectivity index (χ1) is 21.9. The molecule has 0 radical (unpaired) electrons. The van der Waals surface area contributed by atoms with Gasteiger partial charge in [-0.05, 0) is 92.0 Å². The Balaban J connectivity index is 1.38. The van der Waals surface area contributed by atoms with Gasteiger partial charge in [-0.3, -0.25) is 0 Å². The highest BCUT2D eigenvalue weighted by atomic mass is 19.4. The lowest BCUT2D eigenvalue weighted by Crippen LogP contribution is -2.45. The van der Waals surface area contributed by atoms with E-state index in [0.717, 1.165) is 41.5 Å². The van der Waals surface area contributed by atoms with Crippen LogP contribution >= 0.6 is 0 Å². The minimum absolute atomic E-state index is 0.108. The van der Waals surface area contributed by atoms with Crippen molar-refractivity contribution in [2.75, 3.05) is 13.2 Å². The summed E-state index contributed by atoms with van der Waals surface area (Å²) in [4.78, 5) is 23.5. The maximum absolute atomic E-state index is 12.8. The molecule has 0 heterocycles. The van der Waals surface area contributed by atoms with E-state index in [1.807, 2.05) is 67.6 Å². The van der Waals surface area contributed by atoms with Crippen molar-refractivity contribution in [3.8, 4) is 28.0 Å². The third-order valence-electron chi connectivity index (χ3n) is 7.45. The van der Waals surface area contributed by atoms with Gasteiger partial charge in [-0.25, -0.2) is 9.59 Å². The largest absolute Gasteiger partial charge is 0.494 e. The Labute approximate surface area is 267 Å². The van der Waals surface area contributed by atoms with Gasteiger partial charge in [0.15, 0.2) is 0 Å². The molecular formula is C36H41F5O5. The second kappa shape index (κ2) is 17.7. The van der Waals surface area contributed by atoms with Crippen molar-refractivity contribution in [3.05, 3.63) is 78.4 Å². The molecule has 0 aliphatic rings.